The summed E-state index contributed by atoms with van der Waals surface area (Å²) in [4.78, 5) is 4.32. The third-order valence-electron chi connectivity index (χ3n) is 5.17. The van der Waals surface area contributed by atoms with Crippen molar-refractivity contribution in [3.05, 3.63) is 41.0 Å². The molecule has 28 heavy (non-hydrogen) atoms. The van der Waals surface area contributed by atoms with Gasteiger partial charge in [0.2, 0.25) is 0 Å². The number of aryl methyl sites for hydroxylation is 2. The topological polar surface area (TPSA) is 85.6 Å². The van der Waals surface area contributed by atoms with Crippen LogP contribution in [-0.2, 0) is 30.8 Å². The van der Waals surface area contributed by atoms with Crippen molar-refractivity contribution in [1.29, 1.82) is 0 Å². The molecule has 4 rings (SSSR count). The van der Waals surface area contributed by atoms with Crippen LogP contribution < -0.4 is 15.4 Å². The van der Waals surface area contributed by atoms with Crippen LogP contribution in [0.3, 0.4) is 0 Å². The molecular weight excluding hydrogens is 356 g/mol. The smallest absolute Gasteiger partial charge is 0.191 e. The second kappa shape index (κ2) is 8.60. The van der Waals surface area contributed by atoms with Gasteiger partial charge in [-0.05, 0) is 25.0 Å². The van der Waals surface area contributed by atoms with E-state index < -0.39 is 0 Å². The number of benzene rings is 1. The van der Waals surface area contributed by atoms with E-state index in [4.69, 9.17) is 9.47 Å². The van der Waals surface area contributed by atoms with Crippen molar-refractivity contribution in [2.24, 2.45) is 4.99 Å². The van der Waals surface area contributed by atoms with Crippen molar-refractivity contribution in [3.63, 3.8) is 0 Å². The minimum atomic E-state index is 0.132. The van der Waals surface area contributed by atoms with Gasteiger partial charge in [0.15, 0.2) is 11.8 Å². The van der Waals surface area contributed by atoms with E-state index in [1.54, 1.807) is 7.05 Å². The lowest BCUT2D eigenvalue weighted by molar-refractivity contribution is 0.140. The van der Waals surface area contributed by atoms with Crippen molar-refractivity contribution < 1.29 is 9.47 Å². The Hall–Kier alpha value is -2.61. The molecule has 2 N–H and O–H groups in total. The highest BCUT2D eigenvalue weighted by molar-refractivity contribution is 5.79. The number of ether oxygens (including phenoxy) is 2. The van der Waals surface area contributed by atoms with Crippen LogP contribution in [0.25, 0.3) is 0 Å². The second-order valence-electron chi connectivity index (χ2n) is 7.28. The lowest BCUT2D eigenvalue weighted by atomic mass is 10.1. The molecule has 8 heteroatoms. The first-order chi connectivity index (χ1) is 13.7. The molecule has 1 saturated heterocycles. The molecule has 1 aromatic heterocycles. The number of fused-ring (bicyclic) bond motifs is 1. The zero-order valence-electron chi connectivity index (χ0n) is 16.6. The molecule has 1 unspecified atom stereocenters. The van der Waals surface area contributed by atoms with Gasteiger partial charge in [0.25, 0.3) is 0 Å². The highest BCUT2D eigenvalue weighted by Crippen LogP contribution is 2.23. The summed E-state index contributed by atoms with van der Waals surface area (Å²) in [6.07, 6.45) is 3.23. The normalized spacial score (nSPS) is 18.9. The standard InChI is InChI=1S/C20H28N6O2/c1-14-5-6-15(17(10-14)28-16-7-9-27-13-16)11-22-20(21-2)23-12-19-25-24-18-4-3-8-26(18)19/h5-6,10,16H,3-4,7-9,11-13H2,1-2H3,(H2,21,22,23). The van der Waals surface area contributed by atoms with E-state index in [0.717, 1.165) is 61.3 Å². The monoisotopic (exact) mass is 384 g/mol. The van der Waals surface area contributed by atoms with E-state index >= 15 is 0 Å². The number of guanidine groups is 1. The maximum absolute atomic E-state index is 6.18. The molecular formula is C20H28N6O2. The summed E-state index contributed by atoms with van der Waals surface area (Å²) in [5.74, 6) is 3.67. The molecule has 8 nitrogen and oxygen atoms in total. The quantitative estimate of drug-likeness (QED) is 0.581. The zero-order valence-corrected chi connectivity index (χ0v) is 16.6. The highest BCUT2D eigenvalue weighted by Gasteiger charge is 2.19. The van der Waals surface area contributed by atoms with Crippen LogP contribution in [0.2, 0.25) is 0 Å². The lowest BCUT2D eigenvalue weighted by Crippen LogP contribution is -2.37. The highest BCUT2D eigenvalue weighted by atomic mass is 16.5. The lowest BCUT2D eigenvalue weighted by Gasteiger charge is -2.18. The Kier molecular flexibility index (Phi) is 5.76. The summed E-state index contributed by atoms with van der Waals surface area (Å²) >= 11 is 0. The van der Waals surface area contributed by atoms with E-state index in [9.17, 15) is 0 Å². The SMILES string of the molecule is CN=C(NCc1ccc(C)cc1OC1CCOC1)NCc1nnc2n1CCC2. The molecule has 3 heterocycles. The molecule has 1 fully saturated rings. The molecule has 2 aromatic rings. The molecule has 0 amide bonds. The maximum atomic E-state index is 6.18. The Balaban J connectivity index is 1.35. The van der Waals surface area contributed by atoms with Gasteiger partial charge in [-0.2, -0.15) is 0 Å². The van der Waals surface area contributed by atoms with Gasteiger partial charge in [-0.3, -0.25) is 4.99 Å². The Morgan fingerprint density at radius 1 is 1.32 bits per heavy atom. The number of nitrogens with one attached hydrogen (secondary N) is 2. The average molecular weight is 384 g/mol. The molecule has 0 bridgehead atoms. The van der Waals surface area contributed by atoms with Gasteiger partial charge in [0, 0.05) is 38.5 Å². The summed E-state index contributed by atoms with van der Waals surface area (Å²) in [7, 11) is 1.77. The van der Waals surface area contributed by atoms with Crippen LogP contribution >= 0.6 is 0 Å². The van der Waals surface area contributed by atoms with Crippen molar-refractivity contribution in [2.45, 2.75) is 51.9 Å². The molecule has 0 radical (unpaired) electrons. The van der Waals surface area contributed by atoms with E-state index in [1.165, 1.54) is 5.56 Å². The fraction of sp³-hybridized carbons (Fsp3) is 0.550. The van der Waals surface area contributed by atoms with E-state index in [0.29, 0.717) is 19.7 Å². The van der Waals surface area contributed by atoms with Crippen molar-refractivity contribution in [3.8, 4) is 5.75 Å². The number of aromatic nitrogens is 3. The molecule has 0 saturated carbocycles. The predicted octanol–water partition coefficient (Wildman–Crippen LogP) is 1.57. The number of rotatable bonds is 6. The third-order valence-corrected chi connectivity index (χ3v) is 5.17. The van der Waals surface area contributed by atoms with E-state index in [-0.39, 0.29) is 6.10 Å². The van der Waals surface area contributed by atoms with Crippen molar-refractivity contribution >= 4 is 5.96 Å². The first kappa shape index (κ1) is 18.7. The third kappa shape index (κ3) is 4.27. The number of nitrogens with zero attached hydrogens (tertiary/aromatic N) is 4. The fourth-order valence-corrected chi connectivity index (χ4v) is 3.61. The molecule has 0 spiro atoms. The minimum absolute atomic E-state index is 0.132. The first-order valence-corrected chi connectivity index (χ1v) is 9.92. The minimum Gasteiger partial charge on any atom is -0.488 e. The number of aliphatic imine (C=N–C) groups is 1. The van der Waals surface area contributed by atoms with Crippen LogP contribution in [0.5, 0.6) is 5.75 Å². The van der Waals surface area contributed by atoms with Crippen LogP contribution in [-0.4, -0.2) is 47.1 Å². The Bertz CT molecular complexity index is 841. The van der Waals surface area contributed by atoms with Crippen LogP contribution in [0, 0.1) is 6.92 Å². The Morgan fingerprint density at radius 3 is 3.04 bits per heavy atom. The van der Waals surface area contributed by atoms with Crippen molar-refractivity contribution in [2.75, 3.05) is 20.3 Å². The zero-order chi connectivity index (χ0) is 19.3. The molecule has 2 aliphatic heterocycles. The molecule has 2 aliphatic rings. The van der Waals surface area contributed by atoms with Crippen LogP contribution in [0.15, 0.2) is 23.2 Å². The van der Waals surface area contributed by atoms with Gasteiger partial charge in [0.1, 0.15) is 17.7 Å². The van der Waals surface area contributed by atoms with Crippen LogP contribution in [0.1, 0.15) is 35.6 Å². The summed E-state index contributed by atoms with van der Waals surface area (Å²) in [5.41, 5.74) is 2.28. The molecule has 1 atom stereocenters. The molecule has 150 valence electrons. The van der Waals surface area contributed by atoms with E-state index in [2.05, 4.69) is 55.5 Å². The van der Waals surface area contributed by atoms with Crippen molar-refractivity contribution in [1.82, 2.24) is 25.4 Å². The Morgan fingerprint density at radius 2 is 2.21 bits per heavy atom. The van der Waals surface area contributed by atoms with Crippen LogP contribution in [0.4, 0.5) is 0 Å². The van der Waals surface area contributed by atoms with Gasteiger partial charge in [-0.1, -0.05) is 12.1 Å². The summed E-state index contributed by atoms with van der Waals surface area (Å²) in [6, 6.07) is 6.29. The summed E-state index contributed by atoms with van der Waals surface area (Å²) in [6.45, 7) is 5.73. The van der Waals surface area contributed by atoms with Gasteiger partial charge >= 0.3 is 0 Å². The maximum Gasteiger partial charge on any atom is 0.191 e. The summed E-state index contributed by atoms with van der Waals surface area (Å²) in [5, 5.41) is 15.2. The van der Waals surface area contributed by atoms with Gasteiger partial charge in [0.05, 0.1) is 19.8 Å². The molecule has 0 aliphatic carbocycles. The predicted molar refractivity (Wildman–Crippen MR) is 106 cm³/mol. The largest absolute Gasteiger partial charge is 0.488 e. The second-order valence-corrected chi connectivity index (χ2v) is 7.28. The Labute approximate surface area is 165 Å². The average Bonchev–Trinajstić information content (AvgIpc) is 3.42. The van der Waals surface area contributed by atoms with Gasteiger partial charge < -0.3 is 24.7 Å². The first-order valence-electron chi connectivity index (χ1n) is 9.92. The fourth-order valence-electron chi connectivity index (χ4n) is 3.61. The van der Waals surface area contributed by atoms with E-state index in [1.807, 2.05) is 0 Å². The molecule has 1 aromatic carbocycles. The summed E-state index contributed by atoms with van der Waals surface area (Å²) < 4.78 is 13.8. The number of hydrogen-bond donors (Lipinski definition) is 2. The van der Waals surface area contributed by atoms with Gasteiger partial charge in [-0.25, -0.2) is 0 Å². The van der Waals surface area contributed by atoms with Gasteiger partial charge in [-0.15, -0.1) is 10.2 Å². The number of hydrogen-bond acceptors (Lipinski definition) is 5.